The van der Waals surface area contributed by atoms with Crippen LogP contribution in [0.4, 0.5) is 0 Å². The molecule has 0 fully saturated rings. The third kappa shape index (κ3) is 4.25. The van der Waals surface area contributed by atoms with Gasteiger partial charge in [-0.25, -0.2) is 13.1 Å². The highest BCUT2D eigenvalue weighted by Gasteiger charge is 2.40. The Morgan fingerprint density at radius 2 is 1.82 bits per heavy atom. The summed E-state index contributed by atoms with van der Waals surface area (Å²) < 4.78 is 27.2. The lowest BCUT2D eigenvalue weighted by atomic mass is 9.74. The third-order valence-electron chi connectivity index (χ3n) is 4.92. The normalized spacial score (nSPS) is 18.2. The van der Waals surface area contributed by atoms with Gasteiger partial charge in [0.2, 0.25) is 10.0 Å². The molecule has 128 valence electrons. The minimum atomic E-state index is -3.24. The molecule has 8 heteroatoms. The Kier molecular flexibility index (Phi) is 5.72. The monoisotopic (exact) mass is 331 g/mol. The number of sulfonamides is 1. The fourth-order valence-electron chi connectivity index (χ4n) is 2.83. The molecular weight excluding hydrogens is 302 g/mol. The first-order valence-electron chi connectivity index (χ1n) is 7.64. The number of hydrogen-bond acceptors (Lipinski definition) is 5. The van der Waals surface area contributed by atoms with Gasteiger partial charge in [-0.15, -0.1) is 5.10 Å². The lowest BCUT2D eigenvalue weighted by molar-refractivity contribution is 0.108. The molecule has 0 spiro atoms. The van der Waals surface area contributed by atoms with Crippen molar-refractivity contribution in [3.05, 3.63) is 5.82 Å². The predicted molar refractivity (Wildman–Crippen MR) is 86.9 cm³/mol. The summed E-state index contributed by atoms with van der Waals surface area (Å²) in [7, 11) is -1.57. The number of rotatable bonds is 8. The van der Waals surface area contributed by atoms with Crippen LogP contribution in [-0.2, 0) is 16.6 Å². The minimum Gasteiger partial charge on any atom is -0.229 e. The zero-order valence-electron chi connectivity index (χ0n) is 14.8. The van der Waals surface area contributed by atoms with E-state index < -0.39 is 15.6 Å². The Morgan fingerprint density at radius 3 is 2.18 bits per heavy atom. The van der Waals surface area contributed by atoms with Gasteiger partial charge in [-0.3, -0.25) is 0 Å². The highest BCUT2D eigenvalue weighted by atomic mass is 32.2. The molecule has 1 aromatic rings. The zero-order valence-corrected chi connectivity index (χ0v) is 15.6. The summed E-state index contributed by atoms with van der Waals surface area (Å²) in [6.07, 6.45) is 3.67. The SMILES string of the molecule is CCC(C)(Cn1nnnc1C)CC(C)(CC)N(C)S(C)(=O)=O. The Balaban J connectivity index is 3.06. The maximum Gasteiger partial charge on any atom is 0.211 e. The van der Waals surface area contributed by atoms with Gasteiger partial charge in [0.05, 0.1) is 12.8 Å². The maximum absolute atomic E-state index is 12.0. The van der Waals surface area contributed by atoms with Gasteiger partial charge in [-0.05, 0) is 49.0 Å². The van der Waals surface area contributed by atoms with Gasteiger partial charge >= 0.3 is 0 Å². The van der Waals surface area contributed by atoms with Crippen molar-refractivity contribution in [1.29, 1.82) is 0 Å². The standard InChI is InChI=1S/C14H29N5O2S/c1-8-13(4,11-19-12(3)15-16-17-19)10-14(5,9-2)18(6)22(7,20)21/h8-11H2,1-7H3. The van der Waals surface area contributed by atoms with E-state index in [1.54, 1.807) is 11.7 Å². The molecule has 2 atom stereocenters. The van der Waals surface area contributed by atoms with Crippen molar-refractivity contribution >= 4 is 10.0 Å². The van der Waals surface area contributed by atoms with E-state index in [4.69, 9.17) is 0 Å². The van der Waals surface area contributed by atoms with Crippen LogP contribution in [0.25, 0.3) is 0 Å². The first-order chi connectivity index (χ1) is 9.97. The van der Waals surface area contributed by atoms with E-state index in [9.17, 15) is 8.42 Å². The van der Waals surface area contributed by atoms with Crippen LogP contribution in [0.3, 0.4) is 0 Å². The molecule has 1 rings (SSSR count). The van der Waals surface area contributed by atoms with E-state index >= 15 is 0 Å². The van der Waals surface area contributed by atoms with Gasteiger partial charge in [-0.1, -0.05) is 20.8 Å². The average Bonchev–Trinajstić information content (AvgIpc) is 2.82. The summed E-state index contributed by atoms with van der Waals surface area (Å²) in [5.41, 5.74) is -0.524. The molecule has 2 unspecified atom stereocenters. The van der Waals surface area contributed by atoms with Crippen LogP contribution < -0.4 is 0 Å². The van der Waals surface area contributed by atoms with E-state index in [2.05, 4.69) is 29.4 Å². The number of aryl methyl sites for hydroxylation is 1. The summed E-state index contributed by atoms with van der Waals surface area (Å²) >= 11 is 0. The Labute approximate surface area is 134 Å². The highest BCUT2D eigenvalue weighted by molar-refractivity contribution is 7.88. The topological polar surface area (TPSA) is 81.0 Å². The van der Waals surface area contributed by atoms with Crippen molar-refractivity contribution in [1.82, 2.24) is 24.5 Å². The molecule has 22 heavy (non-hydrogen) atoms. The maximum atomic E-state index is 12.0. The van der Waals surface area contributed by atoms with Crippen LogP contribution in [0.1, 0.15) is 52.8 Å². The van der Waals surface area contributed by atoms with Crippen LogP contribution in [0, 0.1) is 12.3 Å². The fraction of sp³-hybridized carbons (Fsp3) is 0.929. The van der Waals surface area contributed by atoms with Crippen molar-refractivity contribution in [3.63, 3.8) is 0 Å². The smallest absolute Gasteiger partial charge is 0.211 e. The first-order valence-corrected chi connectivity index (χ1v) is 9.49. The van der Waals surface area contributed by atoms with Crippen LogP contribution in [-0.4, -0.2) is 51.8 Å². The Morgan fingerprint density at radius 1 is 1.23 bits per heavy atom. The van der Waals surface area contributed by atoms with Gasteiger partial charge < -0.3 is 0 Å². The molecule has 0 saturated heterocycles. The fourth-order valence-corrected chi connectivity index (χ4v) is 3.82. The van der Waals surface area contributed by atoms with E-state index in [0.717, 1.165) is 25.1 Å². The van der Waals surface area contributed by atoms with Crippen molar-refractivity contribution in [2.24, 2.45) is 5.41 Å². The van der Waals surface area contributed by atoms with Crippen LogP contribution in [0.2, 0.25) is 0 Å². The molecule has 7 nitrogen and oxygen atoms in total. The molecule has 0 aliphatic carbocycles. The highest BCUT2D eigenvalue weighted by Crippen LogP contribution is 2.38. The number of nitrogens with zero attached hydrogens (tertiary/aromatic N) is 5. The van der Waals surface area contributed by atoms with Gasteiger partial charge in [0.25, 0.3) is 0 Å². The van der Waals surface area contributed by atoms with E-state index in [1.165, 1.54) is 10.6 Å². The van der Waals surface area contributed by atoms with E-state index in [-0.39, 0.29) is 5.41 Å². The Hall–Kier alpha value is -1.02. The van der Waals surface area contributed by atoms with Crippen LogP contribution in [0.15, 0.2) is 0 Å². The van der Waals surface area contributed by atoms with Gasteiger partial charge in [0.15, 0.2) is 0 Å². The molecule has 0 N–H and O–H groups in total. The Bertz CT molecular complexity index is 600. The summed E-state index contributed by atoms with van der Waals surface area (Å²) in [6.45, 7) is 10.9. The molecule has 0 radical (unpaired) electrons. The molecule has 0 amide bonds. The van der Waals surface area contributed by atoms with Gasteiger partial charge in [0.1, 0.15) is 5.82 Å². The number of aromatic nitrogens is 4. The van der Waals surface area contributed by atoms with Crippen molar-refractivity contribution in [2.45, 2.75) is 66.0 Å². The van der Waals surface area contributed by atoms with Crippen molar-refractivity contribution in [3.8, 4) is 0 Å². The second-order valence-corrected chi connectivity index (χ2v) is 8.82. The summed E-state index contributed by atoms with van der Waals surface area (Å²) in [6, 6.07) is 0. The molecule has 0 aromatic carbocycles. The molecule has 0 saturated carbocycles. The summed E-state index contributed by atoms with van der Waals surface area (Å²) in [5, 5.41) is 11.6. The lowest BCUT2D eigenvalue weighted by Crippen LogP contribution is -2.49. The number of tetrazole rings is 1. The number of hydrogen-bond donors (Lipinski definition) is 0. The second-order valence-electron chi connectivity index (χ2n) is 6.81. The van der Waals surface area contributed by atoms with Gasteiger partial charge in [0, 0.05) is 12.6 Å². The molecule has 1 aromatic heterocycles. The lowest BCUT2D eigenvalue weighted by Gasteiger charge is -2.43. The quantitative estimate of drug-likeness (QED) is 0.726. The van der Waals surface area contributed by atoms with E-state index in [0.29, 0.717) is 6.54 Å². The van der Waals surface area contributed by atoms with E-state index in [1.807, 2.05) is 20.8 Å². The zero-order chi connectivity index (χ0) is 17.2. The predicted octanol–water partition coefficient (Wildman–Crippen LogP) is 1.85. The molecular formula is C14H29N5O2S. The minimum absolute atomic E-state index is 0.0934. The molecule has 1 heterocycles. The average molecular weight is 331 g/mol. The summed E-state index contributed by atoms with van der Waals surface area (Å²) in [5.74, 6) is 0.773. The van der Waals surface area contributed by atoms with Crippen LogP contribution >= 0.6 is 0 Å². The van der Waals surface area contributed by atoms with Gasteiger partial charge in [-0.2, -0.15) is 4.31 Å². The third-order valence-corrected chi connectivity index (χ3v) is 6.36. The van der Waals surface area contributed by atoms with Crippen LogP contribution in [0.5, 0.6) is 0 Å². The molecule has 0 aliphatic heterocycles. The second kappa shape index (κ2) is 6.62. The largest absolute Gasteiger partial charge is 0.229 e. The summed E-state index contributed by atoms with van der Waals surface area (Å²) in [4.78, 5) is 0. The first kappa shape index (κ1) is 19.0. The van der Waals surface area contributed by atoms with Crippen molar-refractivity contribution < 1.29 is 8.42 Å². The van der Waals surface area contributed by atoms with Crippen molar-refractivity contribution in [2.75, 3.05) is 13.3 Å². The molecule has 0 aliphatic rings. The molecule has 0 bridgehead atoms.